The molecule has 4 aromatic rings. The highest BCUT2D eigenvalue weighted by molar-refractivity contribution is 9.10. The molecule has 0 radical (unpaired) electrons. The summed E-state index contributed by atoms with van der Waals surface area (Å²) in [6.45, 7) is 0.435. The van der Waals surface area contributed by atoms with Crippen molar-refractivity contribution in [2.75, 3.05) is 12.4 Å². The lowest BCUT2D eigenvalue weighted by atomic mass is 10.1. The Kier molecular flexibility index (Phi) is 10.2. The molecule has 0 aliphatic heterocycles. The number of halogens is 2. The molecule has 0 saturated heterocycles. The largest absolute Gasteiger partial charge is 0.493 e. The van der Waals surface area contributed by atoms with Gasteiger partial charge in [-0.3, -0.25) is 14.9 Å². The second kappa shape index (κ2) is 14.2. The van der Waals surface area contributed by atoms with Crippen LogP contribution in [-0.4, -0.2) is 17.9 Å². The monoisotopic (exact) mass is 647 g/mol. The predicted octanol–water partition coefficient (Wildman–Crippen LogP) is 7.72. The molecule has 1 amide bonds. The van der Waals surface area contributed by atoms with Gasteiger partial charge >= 0.3 is 0 Å². The van der Waals surface area contributed by atoms with Gasteiger partial charge in [-0.2, -0.15) is 5.26 Å². The van der Waals surface area contributed by atoms with Crippen LogP contribution in [0.1, 0.15) is 16.7 Å². The number of methoxy groups -OCH3 is 1. The number of carbonyl (C=O) groups excluding carboxylic acids is 1. The molecule has 212 valence electrons. The maximum absolute atomic E-state index is 12.9. The highest BCUT2D eigenvalue weighted by Crippen LogP contribution is 2.38. The molecule has 0 aliphatic carbocycles. The van der Waals surface area contributed by atoms with Crippen LogP contribution in [0.5, 0.6) is 17.2 Å². The Morgan fingerprint density at radius 1 is 1.05 bits per heavy atom. The van der Waals surface area contributed by atoms with E-state index in [1.165, 1.54) is 25.3 Å². The number of nitriles is 1. The Hall–Kier alpha value is -4.85. The van der Waals surface area contributed by atoms with Crippen LogP contribution in [0.2, 0.25) is 5.02 Å². The van der Waals surface area contributed by atoms with Gasteiger partial charge in [0.1, 0.15) is 30.6 Å². The zero-order chi connectivity index (χ0) is 30.1. The number of nitro groups is 1. The van der Waals surface area contributed by atoms with Crippen LogP contribution in [0.15, 0.2) is 95.0 Å². The van der Waals surface area contributed by atoms with E-state index in [9.17, 15) is 20.2 Å². The number of nitrogens with zero attached hydrogens (tertiary/aromatic N) is 2. The minimum Gasteiger partial charge on any atom is -0.493 e. The van der Waals surface area contributed by atoms with E-state index in [1.807, 2.05) is 24.3 Å². The van der Waals surface area contributed by atoms with Crippen LogP contribution in [-0.2, 0) is 18.0 Å². The number of amides is 1. The highest BCUT2D eigenvalue weighted by Gasteiger charge is 2.15. The molecule has 0 saturated carbocycles. The lowest BCUT2D eigenvalue weighted by Crippen LogP contribution is -2.13. The molecule has 1 N–H and O–H groups in total. The van der Waals surface area contributed by atoms with Crippen molar-refractivity contribution in [3.63, 3.8) is 0 Å². The first-order valence-corrected chi connectivity index (χ1v) is 13.6. The van der Waals surface area contributed by atoms with Crippen LogP contribution in [0, 0.1) is 21.4 Å². The van der Waals surface area contributed by atoms with Gasteiger partial charge in [0.2, 0.25) is 0 Å². The molecule has 0 bridgehead atoms. The second-order valence-corrected chi connectivity index (χ2v) is 10.0. The van der Waals surface area contributed by atoms with Crippen molar-refractivity contribution in [1.82, 2.24) is 0 Å². The third-order valence-corrected chi connectivity index (χ3v) is 6.88. The number of ether oxygens (including phenoxy) is 3. The molecule has 0 unspecified atom stereocenters. The first kappa shape index (κ1) is 30.1. The number of benzene rings is 4. The van der Waals surface area contributed by atoms with Gasteiger partial charge in [-0.25, -0.2) is 0 Å². The molecule has 0 aliphatic rings. The molecule has 4 aromatic carbocycles. The Labute approximate surface area is 255 Å². The van der Waals surface area contributed by atoms with Crippen molar-refractivity contribution < 1.29 is 23.9 Å². The van der Waals surface area contributed by atoms with E-state index in [0.29, 0.717) is 44.6 Å². The van der Waals surface area contributed by atoms with E-state index in [4.69, 9.17) is 25.8 Å². The maximum atomic E-state index is 12.9. The summed E-state index contributed by atoms with van der Waals surface area (Å²) in [6, 6.07) is 25.4. The summed E-state index contributed by atoms with van der Waals surface area (Å²) in [5.74, 6) is 0.767. The Bertz CT molecular complexity index is 1670. The van der Waals surface area contributed by atoms with Crippen LogP contribution >= 0.6 is 27.5 Å². The fourth-order valence-corrected chi connectivity index (χ4v) is 4.52. The molecule has 11 heteroatoms. The van der Waals surface area contributed by atoms with Crippen molar-refractivity contribution in [3.05, 3.63) is 127 Å². The number of hydrogen-bond acceptors (Lipinski definition) is 7. The first-order valence-electron chi connectivity index (χ1n) is 12.4. The predicted molar refractivity (Wildman–Crippen MR) is 163 cm³/mol. The topological polar surface area (TPSA) is 124 Å². The number of nitro benzene ring substituents is 1. The van der Waals surface area contributed by atoms with E-state index in [1.54, 1.807) is 54.6 Å². The first-order chi connectivity index (χ1) is 20.3. The molecular weight excluding hydrogens is 626 g/mol. The third-order valence-electron chi connectivity index (χ3n) is 5.92. The average Bonchev–Trinajstić information content (AvgIpc) is 2.99. The fraction of sp³-hybridized carbons (Fsp3) is 0.0968. The molecule has 0 heterocycles. The SMILES string of the molecule is COc1cc(/C=C(\C#N)C(=O)Nc2ccc(OCc3ccccc3Cl)cc2)cc(Br)c1OCc1ccc([N+](=O)[O-])cc1. The number of anilines is 1. The summed E-state index contributed by atoms with van der Waals surface area (Å²) in [5.41, 5.74) is 2.45. The summed E-state index contributed by atoms with van der Waals surface area (Å²) < 4.78 is 17.7. The lowest BCUT2D eigenvalue weighted by Gasteiger charge is -2.14. The fourth-order valence-electron chi connectivity index (χ4n) is 3.76. The number of hydrogen-bond donors (Lipinski definition) is 1. The van der Waals surface area contributed by atoms with E-state index in [0.717, 1.165) is 11.1 Å². The lowest BCUT2D eigenvalue weighted by molar-refractivity contribution is -0.384. The number of rotatable bonds is 11. The number of carbonyl (C=O) groups is 1. The van der Waals surface area contributed by atoms with E-state index in [-0.39, 0.29) is 17.9 Å². The van der Waals surface area contributed by atoms with Gasteiger partial charge in [0.05, 0.1) is 16.5 Å². The van der Waals surface area contributed by atoms with Gasteiger partial charge in [-0.1, -0.05) is 29.8 Å². The Balaban J connectivity index is 1.41. The van der Waals surface area contributed by atoms with Crippen LogP contribution in [0.25, 0.3) is 6.08 Å². The highest BCUT2D eigenvalue weighted by atomic mass is 79.9. The van der Waals surface area contributed by atoms with Crippen molar-refractivity contribution in [2.45, 2.75) is 13.2 Å². The average molecular weight is 649 g/mol. The van der Waals surface area contributed by atoms with Gasteiger partial charge in [0.25, 0.3) is 11.6 Å². The molecule has 0 fully saturated rings. The van der Waals surface area contributed by atoms with Crippen LogP contribution in [0.3, 0.4) is 0 Å². The summed E-state index contributed by atoms with van der Waals surface area (Å²) in [5, 5.41) is 23.9. The Morgan fingerprint density at radius 3 is 2.40 bits per heavy atom. The van der Waals surface area contributed by atoms with Crippen LogP contribution in [0.4, 0.5) is 11.4 Å². The minimum absolute atomic E-state index is 0.0124. The van der Waals surface area contributed by atoms with Crippen LogP contribution < -0.4 is 19.5 Å². The van der Waals surface area contributed by atoms with E-state index in [2.05, 4.69) is 21.2 Å². The van der Waals surface area contributed by atoms with Gasteiger partial charge < -0.3 is 19.5 Å². The normalized spacial score (nSPS) is 10.9. The maximum Gasteiger partial charge on any atom is 0.269 e. The summed E-state index contributed by atoms with van der Waals surface area (Å²) in [7, 11) is 1.47. The van der Waals surface area contributed by atoms with Crippen molar-refractivity contribution in [3.8, 4) is 23.3 Å². The van der Waals surface area contributed by atoms with E-state index < -0.39 is 10.8 Å². The summed E-state index contributed by atoms with van der Waals surface area (Å²) in [6.07, 6.45) is 1.43. The van der Waals surface area contributed by atoms with Gasteiger partial charge in [-0.15, -0.1) is 0 Å². The molecule has 9 nitrogen and oxygen atoms in total. The molecule has 0 aromatic heterocycles. The third kappa shape index (κ3) is 7.87. The second-order valence-electron chi connectivity index (χ2n) is 8.77. The zero-order valence-corrected chi connectivity index (χ0v) is 24.5. The van der Waals surface area contributed by atoms with Gasteiger partial charge in [0.15, 0.2) is 11.5 Å². The van der Waals surface area contributed by atoms with Gasteiger partial charge in [0, 0.05) is 28.4 Å². The van der Waals surface area contributed by atoms with E-state index >= 15 is 0 Å². The summed E-state index contributed by atoms with van der Waals surface area (Å²) >= 11 is 9.62. The zero-order valence-electron chi connectivity index (χ0n) is 22.2. The Morgan fingerprint density at radius 2 is 1.76 bits per heavy atom. The minimum atomic E-state index is -0.587. The molecular formula is C31H23BrClN3O6. The quantitative estimate of drug-likeness (QED) is 0.0764. The van der Waals surface area contributed by atoms with Gasteiger partial charge in [-0.05, 0) is 87.7 Å². The molecule has 42 heavy (non-hydrogen) atoms. The van der Waals surface area contributed by atoms with Crippen molar-refractivity contribution in [2.24, 2.45) is 0 Å². The molecule has 0 spiro atoms. The van der Waals surface area contributed by atoms with Crippen molar-refractivity contribution >= 4 is 50.9 Å². The molecule has 4 rings (SSSR count). The van der Waals surface area contributed by atoms with Crippen molar-refractivity contribution in [1.29, 1.82) is 5.26 Å². The summed E-state index contributed by atoms with van der Waals surface area (Å²) in [4.78, 5) is 23.2. The molecule has 0 atom stereocenters. The number of nitrogens with one attached hydrogen (secondary N) is 1. The smallest absolute Gasteiger partial charge is 0.269 e. The number of non-ortho nitro benzene ring substituents is 1. The standard InChI is InChI=1S/C31H23BrClN3O6/c1-40-29-16-21(15-27(32)30(29)42-18-20-6-10-25(11-7-20)36(38)39)14-23(17-34)31(37)35-24-8-12-26(13-9-24)41-19-22-4-2-3-5-28(22)33/h2-16H,18-19H2,1H3,(H,35,37)/b23-14+.